The molecule has 1 aliphatic carbocycles. The number of aromatic nitrogens is 2. The van der Waals surface area contributed by atoms with Gasteiger partial charge in [0.25, 0.3) is 0 Å². The molecule has 0 bridgehead atoms. The number of methoxy groups -OCH3 is 1. The molecule has 0 fully saturated rings. The minimum absolute atomic E-state index is 0.370. The van der Waals surface area contributed by atoms with Crippen LogP contribution in [0.3, 0.4) is 0 Å². The van der Waals surface area contributed by atoms with E-state index < -0.39 is 0 Å². The molecule has 1 atom stereocenters. The van der Waals surface area contributed by atoms with Gasteiger partial charge >= 0.3 is 0 Å². The van der Waals surface area contributed by atoms with Crippen LogP contribution in [-0.2, 0) is 19.5 Å². The maximum atomic E-state index is 5.32. The van der Waals surface area contributed by atoms with Crippen LogP contribution < -0.4 is 10.1 Å². The molecule has 0 spiro atoms. The van der Waals surface area contributed by atoms with E-state index in [2.05, 4.69) is 63.8 Å². The summed E-state index contributed by atoms with van der Waals surface area (Å²) in [5.74, 6) is 0.907. The lowest BCUT2D eigenvalue weighted by molar-refractivity contribution is 0.413. The smallest absolute Gasteiger partial charge is 0.119 e. The van der Waals surface area contributed by atoms with Gasteiger partial charge in [-0.1, -0.05) is 42.5 Å². The van der Waals surface area contributed by atoms with Crippen molar-refractivity contribution in [1.29, 1.82) is 0 Å². The fraction of sp³-hybridized carbons (Fsp3) is 0.318. The number of rotatable bonds is 6. The van der Waals surface area contributed by atoms with E-state index in [0.29, 0.717) is 6.04 Å². The summed E-state index contributed by atoms with van der Waals surface area (Å²) in [5.41, 5.74) is 5.27. The monoisotopic (exact) mass is 347 g/mol. The van der Waals surface area contributed by atoms with Gasteiger partial charge in [0.05, 0.1) is 19.9 Å². The van der Waals surface area contributed by atoms with Crippen molar-refractivity contribution in [1.82, 2.24) is 15.1 Å². The van der Waals surface area contributed by atoms with E-state index >= 15 is 0 Å². The molecule has 3 aromatic rings. The highest BCUT2D eigenvalue weighted by Crippen LogP contribution is 2.30. The topological polar surface area (TPSA) is 39.1 Å². The lowest BCUT2D eigenvalue weighted by Crippen LogP contribution is -2.25. The molecule has 4 nitrogen and oxygen atoms in total. The average molecular weight is 347 g/mol. The summed E-state index contributed by atoms with van der Waals surface area (Å²) in [5, 5.41) is 8.40. The van der Waals surface area contributed by atoms with E-state index in [9.17, 15) is 0 Å². The molecule has 2 aromatic carbocycles. The van der Waals surface area contributed by atoms with E-state index in [-0.39, 0.29) is 0 Å². The van der Waals surface area contributed by atoms with Crippen LogP contribution in [0.15, 0.2) is 60.8 Å². The van der Waals surface area contributed by atoms with E-state index in [0.717, 1.165) is 31.7 Å². The van der Waals surface area contributed by atoms with Gasteiger partial charge in [-0.3, -0.25) is 4.68 Å². The van der Waals surface area contributed by atoms with Gasteiger partial charge in [-0.05, 0) is 42.5 Å². The van der Waals surface area contributed by atoms with Crippen molar-refractivity contribution < 1.29 is 4.74 Å². The van der Waals surface area contributed by atoms with Gasteiger partial charge in [-0.2, -0.15) is 5.10 Å². The Labute approximate surface area is 154 Å². The second-order valence-corrected chi connectivity index (χ2v) is 6.87. The molecule has 4 heteroatoms. The summed E-state index contributed by atoms with van der Waals surface area (Å²) in [7, 11) is 1.71. The van der Waals surface area contributed by atoms with Gasteiger partial charge in [-0.15, -0.1) is 0 Å². The molecule has 0 saturated carbocycles. The molecule has 134 valence electrons. The third-order valence-electron chi connectivity index (χ3n) is 5.12. The maximum Gasteiger partial charge on any atom is 0.119 e. The molecule has 0 aliphatic heterocycles. The molecule has 1 heterocycles. The van der Waals surface area contributed by atoms with Crippen molar-refractivity contribution in [2.75, 3.05) is 7.11 Å². The molecule has 26 heavy (non-hydrogen) atoms. The summed E-state index contributed by atoms with van der Waals surface area (Å²) in [6.07, 6.45) is 5.53. The highest BCUT2D eigenvalue weighted by molar-refractivity contribution is 5.30. The van der Waals surface area contributed by atoms with Crippen LogP contribution in [0.2, 0.25) is 0 Å². The Morgan fingerprint density at radius 1 is 1.12 bits per heavy atom. The fourth-order valence-electron chi connectivity index (χ4n) is 3.75. The lowest BCUT2D eigenvalue weighted by Gasteiger charge is -2.24. The number of nitrogens with zero attached hydrogens (tertiary/aromatic N) is 2. The molecule has 0 saturated heterocycles. The van der Waals surface area contributed by atoms with Crippen LogP contribution in [0.25, 0.3) is 0 Å². The molecule has 1 aromatic heterocycles. The lowest BCUT2D eigenvalue weighted by atomic mass is 9.92. The number of hydrogen-bond acceptors (Lipinski definition) is 3. The first-order valence-corrected chi connectivity index (χ1v) is 9.28. The van der Waals surface area contributed by atoms with Gasteiger partial charge in [0.15, 0.2) is 0 Å². The summed E-state index contributed by atoms with van der Waals surface area (Å²) in [4.78, 5) is 0. The predicted molar refractivity (Wildman–Crippen MR) is 103 cm³/mol. The molecule has 1 aliphatic rings. The van der Waals surface area contributed by atoms with Crippen molar-refractivity contribution in [3.63, 3.8) is 0 Å². The van der Waals surface area contributed by atoms with Crippen molar-refractivity contribution in [2.45, 2.75) is 38.4 Å². The Kier molecular flexibility index (Phi) is 5.02. The average Bonchev–Trinajstić information content (AvgIpc) is 3.11. The van der Waals surface area contributed by atoms with Crippen LogP contribution in [0, 0.1) is 0 Å². The van der Waals surface area contributed by atoms with Crippen molar-refractivity contribution >= 4 is 0 Å². The van der Waals surface area contributed by atoms with E-state index in [4.69, 9.17) is 4.74 Å². The van der Waals surface area contributed by atoms with Crippen LogP contribution in [0.4, 0.5) is 0 Å². The molecule has 0 amide bonds. The number of benzene rings is 2. The van der Waals surface area contributed by atoms with Gasteiger partial charge in [0, 0.05) is 23.8 Å². The number of hydrogen-bond donors (Lipinski definition) is 1. The maximum absolute atomic E-state index is 5.32. The molecular weight excluding hydrogens is 322 g/mol. The molecule has 4 rings (SSSR count). The Morgan fingerprint density at radius 3 is 2.81 bits per heavy atom. The van der Waals surface area contributed by atoms with E-state index in [1.807, 2.05) is 12.1 Å². The second kappa shape index (κ2) is 7.75. The van der Waals surface area contributed by atoms with Gasteiger partial charge < -0.3 is 10.1 Å². The summed E-state index contributed by atoms with van der Waals surface area (Å²) in [6, 6.07) is 19.2. The third kappa shape index (κ3) is 3.65. The zero-order chi connectivity index (χ0) is 17.8. The van der Waals surface area contributed by atoms with Crippen LogP contribution >= 0.6 is 0 Å². The fourth-order valence-corrected chi connectivity index (χ4v) is 3.75. The Balaban J connectivity index is 1.47. The summed E-state index contributed by atoms with van der Waals surface area (Å²) in [6.45, 7) is 1.68. The van der Waals surface area contributed by atoms with Crippen LogP contribution in [0.5, 0.6) is 5.75 Å². The predicted octanol–water partition coefficient (Wildman–Crippen LogP) is 4.11. The summed E-state index contributed by atoms with van der Waals surface area (Å²) < 4.78 is 7.49. The van der Waals surface area contributed by atoms with E-state index in [1.165, 1.54) is 28.8 Å². The molecule has 0 radical (unpaired) electrons. The Bertz CT molecular complexity index is 857. The normalized spacial score (nSPS) is 16.3. The Hall–Kier alpha value is -2.59. The minimum Gasteiger partial charge on any atom is -0.497 e. The van der Waals surface area contributed by atoms with Gasteiger partial charge in [0.2, 0.25) is 0 Å². The zero-order valence-electron chi connectivity index (χ0n) is 15.2. The quantitative estimate of drug-likeness (QED) is 0.729. The SMILES string of the molecule is COc1cccc(CN[C@H]2CCCc3c2cnn3Cc2ccccc2)c1. The Morgan fingerprint density at radius 2 is 1.96 bits per heavy atom. The van der Waals surface area contributed by atoms with Crippen molar-refractivity contribution in [3.8, 4) is 5.75 Å². The largest absolute Gasteiger partial charge is 0.497 e. The number of ether oxygens (including phenoxy) is 1. The second-order valence-electron chi connectivity index (χ2n) is 6.87. The van der Waals surface area contributed by atoms with Gasteiger partial charge in [-0.25, -0.2) is 0 Å². The summed E-state index contributed by atoms with van der Waals surface area (Å²) >= 11 is 0. The highest BCUT2D eigenvalue weighted by Gasteiger charge is 2.23. The van der Waals surface area contributed by atoms with E-state index in [1.54, 1.807) is 7.11 Å². The first-order chi connectivity index (χ1) is 12.8. The van der Waals surface area contributed by atoms with Crippen molar-refractivity contribution in [2.24, 2.45) is 0 Å². The zero-order valence-corrected chi connectivity index (χ0v) is 15.2. The van der Waals surface area contributed by atoms with Gasteiger partial charge in [0.1, 0.15) is 5.75 Å². The van der Waals surface area contributed by atoms with Crippen molar-refractivity contribution in [3.05, 3.63) is 83.2 Å². The minimum atomic E-state index is 0.370. The molecule has 1 N–H and O–H groups in total. The molecular formula is C22H25N3O. The number of fused-ring (bicyclic) bond motifs is 1. The first kappa shape index (κ1) is 16.9. The highest BCUT2D eigenvalue weighted by atomic mass is 16.5. The number of nitrogens with one attached hydrogen (secondary N) is 1. The van der Waals surface area contributed by atoms with Crippen LogP contribution in [0.1, 0.15) is 41.3 Å². The third-order valence-corrected chi connectivity index (χ3v) is 5.12. The molecule has 0 unspecified atom stereocenters. The first-order valence-electron chi connectivity index (χ1n) is 9.28. The van der Waals surface area contributed by atoms with Crippen LogP contribution in [-0.4, -0.2) is 16.9 Å². The standard InChI is InChI=1S/C22H25N3O/c1-26-19-10-5-9-18(13-19)14-23-21-11-6-12-22-20(21)15-24-25(22)16-17-7-3-2-4-8-17/h2-5,7-10,13,15,21,23H,6,11-12,14,16H2,1H3/t21-/m0/s1.